The first kappa shape index (κ1) is 14.5. The topological polar surface area (TPSA) is 24.9 Å². The Bertz CT molecular complexity index is 386. The second-order valence-electron chi connectivity index (χ2n) is 6.84. The Morgan fingerprint density at radius 3 is 2.85 bits per heavy atom. The summed E-state index contributed by atoms with van der Waals surface area (Å²) in [5.74, 6) is 2.76. The molecule has 3 unspecified atom stereocenters. The minimum atomic E-state index is 0.854. The van der Waals surface area contributed by atoms with Gasteiger partial charge in [-0.25, -0.2) is 0 Å². The Morgan fingerprint density at radius 1 is 1.25 bits per heavy atom. The summed E-state index contributed by atoms with van der Waals surface area (Å²) in [6.45, 7) is 3.59. The molecule has 0 amide bonds. The molecular formula is C17H28N2S. The van der Waals surface area contributed by atoms with Crippen molar-refractivity contribution in [2.75, 3.05) is 6.54 Å². The van der Waals surface area contributed by atoms with E-state index >= 15 is 0 Å². The second kappa shape index (κ2) is 7.04. The lowest BCUT2D eigenvalue weighted by Gasteiger charge is -2.36. The third-order valence-corrected chi connectivity index (χ3v) is 5.94. The van der Waals surface area contributed by atoms with E-state index in [1.54, 1.807) is 0 Å². The molecule has 2 aliphatic rings. The molecule has 0 bridgehead atoms. The molecule has 3 heteroatoms. The zero-order chi connectivity index (χ0) is 13.8. The first-order chi connectivity index (χ1) is 9.85. The summed E-state index contributed by atoms with van der Waals surface area (Å²) in [7, 11) is 0. The fourth-order valence-electron chi connectivity index (χ4n) is 3.82. The maximum absolute atomic E-state index is 4.26. The standard InChI is InChI=1S/C17H28N2S/c1-2-3-13-4-5-14(10-19-16-6-7-16)15(8-13)9-17-11-18-12-20-17/h11-16,19H,2-10H2,1H3. The molecule has 112 valence electrons. The summed E-state index contributed by atoms with van der Waals surface area (Å²) < 4.78 is 0. The molecule has 0 aromatic carbocycles. The van der Waals surface area contributed by atoms with Crippen LogP contribution in [0.5, 0.6) is 0 Å². The number of nitrogens with one attached hydrogen (secondary N) is 1. The Labute approximate surface area is 127 Å². The van der Waals surface area contributed by atoms with Crippen molar-refractivity contribution >= 4 is 11.3 Å². The van der Waals surface area contributed by atoms with Crippen molar-refractivity contribution < 1.29 is 0 Å². The van der Waals surface area contributed by atoms with Crippen molar-refractivity contribution in [1.29, 1.82) is 0 Å². The van der Waals surface area contributed by atoms with Crippen molar-refractivity contribution in [1.82, 2.24) is 10.3 Å². The first-order valence-corrected chi connectivity index (χ1v) is 9.34. The number of rotatable bonds is 7. The minimum absolute atomic E-state index is 0.854. The Kier molecular flexibility index (Phi) is 5.11. The molecule has 0 saturated heterocycles. The monoisotopic (exact) mass is 292 g/mol. The summed E-state index contributed by atoms with van der Waals surface area (Å²) >= 11 is 1.84. The average Bonchev–Trinajstić information content (AvgIpc) is 3.14. The van der Waals surface area contributed by atoms with Gasteiger partial charge in [-0.1, -0.05) is 26.2 Å². The molecule has 1 heterocycles. The normalized spacial score (nSPS) is 30.6. The van der Waals surface area contributed by atoms with Crippen molar-refractivity contribution in [2.45, 2.75) is 64.3 Å². The van der Waals surface area contributed by atoms with Gasteiger partial charge < -0.3 is 5.32 Å². The molecule has 1 aromatic heterocycles. The summed E-state index contributed by atoms with van der Waals surface area (Å²) in [5.41, 5.74) is 1.99. The molecule has 3 rings (SSSR count). The quantitative estimate of drug-likeness (QED) is 0.812. The predicted octanol–water partition coefficient (Wildman–Crippen LogP) is 4.27. The van der Waals surface area contributed by atoms with E-state index in [-0.39, 0.29) is 0 Å². The average molecular weight is 292 g/mol. The van der Waals surface area contributed by atoms with Gasteiger partial charge in [0.25, 0.3) is 0 Å². The molecular weight excluding hydrogens is 264 g/mol. The molecule has 0 radical (unpaired) electrons. The van der Waals surface area contributed by atoms with Crippen LogP contribution in [0.3, 0.4) is 0 Å². The highest BCUT2D eigenvalue weighted by atomic mass is 32.1. The van der Waals surface area contributed by atoms with Gasteiger partial charge in [0.15, 0.2) is 0 Å². The largest absolute Gasteiger partial charge is 0.314 e. The van der Waals surface area contributed by atoms with E-state index in [1.165, 1.54) is 62.8 Å². The molecule has 0 aliphatic heterocycles. The highest BCUT2D eigenvalue weighted by Crippen LogP contribution is 2.38. The fraction of sp³-hybridized carbons (Fsp3) is 0.824. The van der Waals surface area contributed by atoms with E-state index in [0.29, 0.717) is 0 Å². The summed E-state index contributed by atoms with van der Waals surface area (Å²) in [6.07, 6.45) is 13.3. The van der Waals surface area contributed by atoms with Crippen LogP contribution in [0.2, 0.25) is 0 Å². The Hall–Kier alpha value is -0.410. The SMILES string of the molecule is CCCC1CCC(CNC2CC2)C(Cc2cncs2)C1. The van der Waals surface area contributed by atoms with Crippen LogP contribution in [0, 0.1) is 17.8 Å². The van der Waals surface area contributed by atoms with E-state index in [9.17, 15) is 0 Å². The number of thiazole rings is 1. The van der Waals surface area contributed by atoms with E-state index in [1.807, 2.05) is 16.8 Å². The Balaban J connectivity index is 1.57. The molecule has 2 fully saturated rings. The minimum Gasteiger partial charge on any atom is -0.314 e. The van der Waals surface area contributed by atoms with Gasteiger partial charge in [-0.2, -0.15) is 0 Å². The van der Waals surface area contributed by atoms with E-state index in [4.69, 9.17) is 0 Å². The number of hydrogen-bond donors (Lipinski definition) is 1. The van der Waals surface area contributed by atoms with Gasteiger partial charge in [0.1, 0.15) is 0 Å². The number of nitrogens with zero attached hydrogens (tertiary/aromatic N) is 1. The maximum atomic E-state index is 4.26. The van der Waals surface area contributed by atoms with Crippen molar-refractivity contribution in [3.05, 3.63) is 16.6 Å². The van der Waals surface area contributed by atoms with Crippen LogP contribution in [0.25, 0.3) is 0 Å². The van der Waals surface area contributed by atoms with Crippen LogP contribution in [0.4, 0.5) is 0 Å². The molecule has 0 spiro atoms. The molecule has 2 saturated carbocycles. The molecule has 1 aromatic rings. The zero-order valence-electron chi connectivity index (χ0n) is 12.7. The highest BCUT2D eigenvalue weighted by molar-refractivity contribution is 7.09. The Morgan fingerprint density at radius 2 is 2.15 bits per heavy atom. The fourth-order valence-corrected chi connectivity index (χ4v) is 4.51. The highest BCUT2D eigenvalue weighted by Gasteiger charge is 2.31. The lowest BCUT2D eigenvalue weighted by atomic mass is 9.71. The summed E-state index contributed by atoms with van der Waals surface area (Å²) in [5, 5.41) is 3.77. The van der Waals surface area contributed by atoms with Crippen molar-refractivity contribution in [3.63, 3.8) is 0 Å². The van der Waals surface area contributed by atoms with E-state index in [2.05, 4.69) is 23.4 Å². The van der Waals surface area contributed by atoms with E-state index < -0.39 is 0 Å². The van der Waals surface area contributed by atoms with Crippen LogP contribution in [0.15, 0.2) is 11.7 Å². The van der Waals surface area contributed by atoms with Crippen molar-refractivity contribution in [3.8, 4) is 0 Å². The van der Waals surface area contributed by atoms with Gasteiger partial charge in [0.05, 0.1) is 5.51 Å². The molecule has 20 heavy (non-hydrogen) atoms. The summed E-state index contributed by atoms with van der Waals surface area (Å²) in [4.78, 5) is 5.74. The van der Waals surface area contributed by atoms with Gasteiger partial charge in [-0.15, -0.1) is 11.3 Å². The molecule has 2 nitrogen and oxygen atoms in total. The van der Waals surface area contributed by atoms with E-state index in [0.717, 1.165) is 23.8 Å². The van der Waals surface area contributed by atoms with Crippen LogP contribution in [0.1, 0.15) is 56.7 Å². The maximum Gasteiger partial charge on any atom is 0.0794 e. The number of aromatic nitrogens is 1. The van der Waals surface area contributed by atoms with Gasteiger partial charge in [-0.3, -0.25) is 4.98 Å². The molecule has 1 N–H and O–H groups in total. The zero-order valence-corrected chi connectivity index (χ0v) is 13.5. The second-order valence-corrected chi connectivity index (χ2v) is 7.81. The third-order valence-electron chi connectivity index (χ3n) is 5.14. The van der Waals surface area contributed by atoms with Crippen LogP contribution >= 0.6 is 11.3 Å². The van der Waals surface area contributed by atoms with Crippen LogP contribution in [-0.4, -0.2) is 17.6 Å². The first-order valence-electron chi connectivity index (χ1n) is 8.46. The van der Waals surface area contributed by atoms with Crippen LogP contribution in [-0.2, 0) is 6.42 Å². The van der Waals surface area contributed by atoms with Gasteiger partial charge >= 0.3 is 0 Å². The molecule has 3 atom stereocenters. The van der Waals surface area contributed by atoms with Gasteiger partial charge in [-0.05, 0) is 56.4 Å². The third kappa shape index (κ3) is 4.05. The van der Waals surface area contributed by atoms with Crippen molar-refractivity contribution in [2.24, 2.45) is 17.8 Å². The van der Waals surface area contributed by atoms with Crippen LogP contribution < -0.4 is 5.32 Å². The smallest absolute Gasteiger partial charge is 0.0794 e. The number of hydrogen-bond acceptors (Lipinski definition) is 3. The lowest BCUT2D eigenvalue weighted by Crippen LogP contribution is -2.35. The lowest BCUT2D eigenvalue weighted by molar-refractivity contribution is 0.168. The van der Waals surface area contributed by atoms with Gasteiger partial charge in [0.2, 0.25) is 0 Å². The molecule has 2 aliphatic carbocycles. The summed E-state index contributed by atoms with van der Waals surface area (Å²) in [6, 6.07) is 0.854. The predicted molar refractivity (Wildman–Crippen MR) is 86.1 cm³/mol. The van der Waals surface area contributed by atoms with Gasteiger partial charge in [0, 0.05) is 17.1 Å².